The average molecular weight is 684 g/mol. The number of nitrogens with zero attached hydrogens (tertiary/aromatic N) is 4. The molecule has 0 radical (unpaired) electrons. The first-order valence-electron chi connectivity index (χ1n) is 14.8. The molecule has 0 aliphatic heterocycles. The summed E-state index contributed by atoms with van der Waals surface area (Å²) in [5, 5.41) is 18.0. The van der Waals surface area contributed by atoms with Crippen LogP contribution in [-0.2, 0) is 14.3 Å². The molecular formula is C32H39BrN6O4S. The Morgan fingerprint density at radius 2 is 1.95 bits per heavy atom. The molecule has 0 spiro atoms. The predicted octanol–water partition coefficient (Wildman–Crippen LogP) is 5.66. The van der Waals surface area contributed by atoms with Crippen LogP contribution in [0.2, 0.25) is 0 Å². The van der Waals surface area contributed by atoms with Gasteiger partial charge in [-0.3, -0.25) is 15.1 Å². The molecule has 0 unspecified atom stereocenters. The number of methoxy groups -OCH3 is 1. The number of nitrogens with two attached hydrogens (primary N) is 1. The summed E-state index contributed by atoms with van der Waals surface area (Å²) in [4.78, 5) is 21.9. The minimum absolute atomic E-state index is 0.126. The van der Waals surface area contributed by atoms with Gasteiger partial charge in [-0.05, 0) is 66.1 Å². The fourth-order valence-corrected chi connectivity index (χ4v) is 6.92. The molecule has 44 heavy (non-hydrogen) atoms. The largest absolute Gasteiger partial charge is 0.480 e. The van der Waals surface area contributed by atoms with Crippen LogP contribution in [0.25, 0.3) is 28.0 Å². The number of carboxylic acid groups (broad SMARTS) is 1. The van der Waals surface area contributed by atoms with Crippen LogP contribution in [0.5, 0.6) is 0 Å². The smallest absolute Gasteiger partial charge is 0.320 e. The Kier molecular flexibility index (Phi) is 10.9. The Labute approximate surface area is 270 Å². The Morgan fingerprint density at radius 1 is 1.18 bits per heavy atom. The minimum Gasteiger partial charge on any atom is -0.480 e. The van der Waals surface area contributed by atoms with Crippen molar-refractivity contribution in [3.8, 4) is 22.4 Å². The topological polar surface area (TPSA) is 137 Å². The summed E-state index contributed by atoms with van der Waals surface area (Å²) in [6.45, 7) is 1.36. The number of carboxylic acids is 1. The number of nitrogens with one attached hydrogen (secondary N) is 1. The van der Waals surface area contributed by atoms with Gasteiger partial charge in [-0.1, -0.05) is 36.4 Å². The van der Waals surface area contributed by atoms with E-state index in [0.717, 1.165) is 64.0 Å². The standard InChI is InChI=1S/C32H39BrN6O4S/c1-42-15-16-43-20-32(38-26(31(40)41)12-17-44-2)13-10-22(11-14-32)28-27(33)29(34)39-30(37-28)24(19-36-39)23-8-9-25(35-18-23)21-6-4-3-5-7-21/h3-9,18-19,22,26,38H,10-17,20,34H2,1-2H3,(H,40,41)/t22?,26-,32?/m0/s1. The zero-order chi connectivity index (χ0) is 31.1. The molecule has 12 heteroatoms. The highest BCUT2D eigenvalue weighted by atomic mass is 79.9. The van der Waals surface area contributed by atoms with Crippen LogP contribution in [-0.4, -0.2) is 81.2 Å². The zero-order valence-electron chi connectivity index (χ0n) is 25.0. The van der Waals surface area contributed by atoms with Gasteiger partial charge in [-0.25, -0.2) is 4.98 Å². The summed E-state index contributed by atoms with van der Waals surface area (Å²) in [5.41, 5.74) is 11.4. The Hall–Kier alpha value is -3.03. The third-order valence-electron chi connectivity index (χ3n) is 8.32. The molecule has 1 saturated carbocycles. The number of hydrogen-bond donors (Lipinski definition) is 3. The van der Waals surface area contributed by atoms with Gasteiger partial charge in [0.05, 0.1) is 41.9 Å². The second-order valence-electron chi connectivity index (χ2n) is 11.2. The second kappa shape index (κ2) is 14.8. The summed E-state index contributed by atoms with van der Waals surface area (Å²) >= 11 is 5.36. The first kappa shape index (κ1) is 32.4. The van der Waals surface area contributed by atoms with E-state index in [0.29, 0.717) is 37.7 Å². The van der Waals surface area contributed by atoms with Crippen LogP contribution in [0, 0.1) is 0 Å². The van der Waals surface area contributed by atoms with Crippen LogP contribution in [0.3, 0.4) is 0 Å². The molecule has 1 aliphatic carbocycles. The molecule has 1 aliphatic rings. The van der Waals surface area contributed by atoms with Gasteiger partial charge in [-0.15, -0.1) is 0 Å². The minimum atomic E-state index is -0.834. The zero-order valence-corrected chi connectivity index (χ0v) is 27.4. The van der Waals surface area contributed by atoms with Crippen molar-refractivity contribution in [1.82, 2.24) is 24.9 Å². The molecule has 4 aromatic rings. The van der Waals surface area contributed by atoms with Gasteiger partial charge < -0.3 is 20.3 Å². The molecule has 1 fully saturated rings. The summed E-state index contributed by atoms with van der Waals surface area (Å²) in [6.07, 6.45) is 9.24. The molecule has 3 aromatic heterocycles. The van der Waals surface area contributed by atoms with Crippen molar-refractivity contribution in [1.29, 1.82) is 0 Å². The number of fused-ring (bicyclic) bond motifs is 1. The molecule has 234 valence electrons. The number of rotatable bonds is 14. The molecule has 0 bridgehead atoms. The van der Waals surface area contributed by atoms with Crippen LogP contribution in [0.1, 0.15) is 43.7 Å². The van der Waals surface area contributed by atoms with E-state index in [-0.39, 0.29) is 5.92 Å². The lowest BCUT2D eigenvalue weighted by molar-refractivity contribution is -0.140. The molecule has 1 atom stereocenters. The molecule has 10 nitrogen and oxygen atoms in total. The lowest BCUT2D eigenvalue weighted by atomic mass is 9.75. The average Bonchev–Trinajstić information content (AvgIpc) is 3.48. The SMILES string of the molecule is COCCOCC1(N[C@@H](CCSC)C(=O)O)CCC(c2nc3c(-c4ccc(-c5ccccc5)nc4)cnn3c(N)c2Br)CC1. The number of carbonyl (C=O) groups is 1. The molecule has 3 heterocycles. The maximum absolute atomic E-state index is 12.1. The van der Waals surface area contributed by atoms with Crippen LogP contribution in [0.15, 0.2) is 59.3 Å². The first-order valence-corrected chi connectivity index (χ1v) is 16.9. The third kappa shape index (κ3) is 7.26. The van der Waals surface area contributed by atoms with E-state index < -0.39 is 17.6 Å². The van der Waals surface area contributed by atoms with E-state index in [9.17, 15) is 9.90 Å². The Balaban J connectivity index is 1.39. The van der Waals surface area contributed by atoms with Crippen molar-refractivity contribution in [3.05, 3.63) is 65.0 Å². The normalized spacial score (nSPS) is 19.3. The van der Waals surface area contributed by atoms with Crippen LogP contribution >= 0.6 is 27.7 Å². The van der Waals surface area contributed by atoms with Crippen molar-refractivity contribution in [2.24, 2.45) is 0 Å². The Bertz CT molecular complexity index is 1540. The summed E-state index contributed by atoms with van der Waals surface area (Å²) in [5.74, 6) is 0.550. The quantitative estimate of drug-likeness (QED) is 0.143. The van der Waals surface area contributed by atoms with Crippen molar-refractivity contribution >= 4 is 45.1 Å². The van der Waals surface area contributed by atoms with E-state index in [4.69, 9.17) is 25.2 Å². The summed E-state index contributed by atoms with van der Waals surface area (Å²) in [6, 6.07) is 13.5. The number of anilines is 1. The number of pyridine rings is 1. The number of aliphatic carboxylic acids is 1. The third-order valence-corrected chi connectivity index (χ3v) is 9.78. The fourth-order valence-electron chi connectivity index (χ4n) is 5.87. The summed E-state index contributed by atoms with van der Waals surface area (Å²) < 4.78 is 13.5. The van der Waals surface area contributed by atoms with E-state index in [1.165, 1.54) is 0 Å². The van der Waals surface area contributed by atoms with Crippen molar-refractivity contribution in [2.45, 2.75) is 49.6 Å². The monoisotopic (exact) mass is 682 g/mol. The highest BCUT2D eigenvalue weighted by Crippen LogP contribution is 2.42. The number of hydrogen-bond acceptors (Lipinski definition) is 9. The van der Waals surface area contributed by atoms with Gasteiger partial charge in [0.25, 0.3) is 0 Å². The number of thioether (sulfide) groups is 1. The van der Waals surface area contributed by atoms with Gasteiger partial charge in [-0.2, -0.15) is 21.4 Å². The number of nitrogen functional groups attached to an aromatic ring is 1. The lowest BCUT2D eigenvalue weighted by Crippen LogP contribution is -2.57. The number of ether oxygens (including phenoxy) is 2. The first-order chi connectivity index (χ1) is 21.4. The highest BCUT2D eigenvalue weighted by molar-refractivity contribution is 9.10. The van der Waals surface area contributed by atoms with Crippen molar-refractivity contribution < 1.29 is 19.4 Å². The lowest BCUT2D eigenvalue weighted by Gasteiger charge is -2.42. The maximum Gasteiger partial charge on any atom is 0.320 e. The van der Waals surface area contributed by atoms with Crippen LogP contribution < -0.4 is 11.1 Å². The van der Waals surface area contributed by atoms with Crippen molar-refractivity contribution in [3.63, 3.8) is 0 Å². The fraction of sp³-hybridized carbons (Fsp3) is 0.438. The molecule has 1 aromatic carbocycles. The van der Waals surface area contributed by atoms with Crippen molar-refractivity contribution in [2.75, 3.05) is 44.7 Å². The van der Waals surface area contributed by atoms with Gasteiger partial charge in [0.15, 0.2) is 5.65 Å². The molecule has 0 saturated heterocycles. The molecular weight excluding hydrogens is 644 g/mol. The molecule has 0 amide bonds. The number of halogens is 1. The van der Waals surface area contributed by atoms with E-state index in [1.54, 1.807) is 29.6 Å². The van der Waals surface area contributed by atoms with Crippen LogP contribution in [0.4, 0.5) is 5.82 Å². The second-order valence-corrected chi connectivity index (χ2v) is 13.0. The van der Waals surface area contributed by atoms with E-state index in [2.05, 4.69) is 26.3 Å². The highest BCUT2D eigenvalue weighted by Gasteiger charge is 2.40. The van der Waals surface area contributed by atoms with Gasteiger partial charge in [0.2, 0.25) is 0 Å². The van der Waals surface area contributed by atoms with Gasteiger partial charge in [0, 0.05) is 41.5 Å². The van der Waals surface area contributed by atoms with E-state index >= 15 is 0 Å². The Morgan fingerprint density at radius 3 is 2.61 bits per heavy atom. The van der Waals surface area contributed by atoms with Gasteiger partial charge in [0.1, 0.15) is 11.9 Å². The molecule has 5 rings (SSSR count). The summed E-state index contributed by atoms with van der Waals surface area (Å²) in [7, 11) is 1.64. The number of benzene rings is 1. The molecule has 4 N–H and O–H groups in total. The number of aromatic nitrogens is 4. The predicted molar refractivity (Wildman–Crippen MR) is 178 cm³/mol. The maximum atomic E-state index is 12.1. The van der Waals surface area contributed by atoms with E-state index in [1.807, 2.05) is 54.9 Å². The van der Waals surface area contributed by atoms with Gasteiger partial charge >= 0.3 is 5.97 Å².